The molecular formula is C16H19ClN4S. The number of nitrogens with zero attached hydrogens (tertiary/aromatic N) is 2. The van der Waals surface area contributed by atoms with Gasteiger partial charge < -0.3 is 10.6 Å². The largest absolute Gasteiger partial charge is 0.360 e. The highest BCUT2D eigenvalue weighted by atomic mass is 35.5. The third-order valence-electron chi connectivity index (χ3n) is 3.83. The average Bonchev–Trinajstić information content (AvgIpc) is 3.11. The van der Waals surface area contributed by atoms with Gasteiger partial charge in [0.25, 0.3) is 0 Å². The SMILES string of the molecule is S=C(Nc1nn(Cc2ccccc2)cc1Cl)NC1CCCC1. The first kappa shape index (κ1) is 15.3. The smallest absolute Gasteiger partial charge is 0.173 e. The molecule has 0 bridgehead atoms. The van der Waals surface area contributed by atoms with Crippen LogP contribution in [0.3, 0.4) is 0 Å². The van der Waals surface area contributed by atoms with E-state index in [1.165, 1.54) is 31.2 Å². The van der Waals surface area contributed by atoms with Crippen molar-refractivity contribution in [2.24, 2.45) is 0 Å². The highest BCUT2D eigenvalue weighted by Gasteiger charge is 2.16. The molecule has 1 heterocycles. The molecule has 22 heavy (non-hydrogen) atoms. The molecule has 3 rings (SSSR count). The Hall–Kier alpha value is -1.59. The van der Waals surface area contributed by atoms with Crippen molar-refractivity contribution in [3.8, 4) is 0 Å². The van der Waals surface area contributed by atoms with E-state index in [0.29, 0.717) is 28.5 Å². The van der Waals surface area contributed by atoms with Crippen LogP contribution >= 0.6 is 23.8 Å². The first-order valence-corrected chi connectivity index (χ1v) is 8.34. The van der Waals surface area contributed by atoms with Gasteiger partial charge in [-0.3, -0.25) is 4.68 Å². The first-order valence-electron chi connectivity index (χ1n) is 7.55. The van der Waals surface area contributed by atoms with Crippen LogP contribution < -0.4 is 10.6 Å². The minimum atomic E-state index is 0.477. The van der Waals surface area contributed by atoms with Gasteiger partial charge in [-0.15, -0.1) is 0 Å². The van der Waals surface area contributed by atoms with E-state index in [-0.39, 0.29) is 0 Å². The van der Waals surface area contributed by atoms with Gasteiger partial charge in [-0.2, -0.15) is 5.10 Å². The summed E-state index contributed by atoms with van der Waals surface area (Å²) in [5, 5.41) is 12.1. The zero-order valence-corrected chi connectivity index (χ0v) is 13.8. The maximum atomic E-state index is 6.24. The molecule has 2 aromatic rings. The van der Waals surface area contributed by atoms with Gasteiger partial charge in [0, 0.05) is 12.2 Å². The predicted molar refractivity (Wildman–Crippen MR) is 94.4 cm³/mol. The fourth-order valence-corrected chi connectivity index (χ4v) is 3.19. The van der Waals surface area contributed by atoms with Crippen molar-refractivity contribution in [2.75, 3.05) is 5.32 Å². The van der Waals surface area contributed by atoms with E-state index in [4.69, 9.17) is 23.8 Å². The van der Waals surface area contributed by atoms with Crippen molar-refractivity contribution in [1.29, 1.82) is 0 Å². The zero-order valence-electron chi connectivity index (χ0n) is 12.3. The first-order chi connectivity index (χ1) is 10.7. The molecule has 1 saturated carbocycles. The number of aromatic nitrogens is 2. The quantitative estimate of drug-likeness (QED) is 0.834. The van der Waals surface area contributed by atoms with Crippen LogP contribution in [0.4, 0.5) is 5.82 Å². The Balaban J connectivity index is 1.60. The third-order valence-corrected chi connectivity index (χ3v) is 4.32. The lowest BCUT2D eigenvalue weighted by molar-refractivity contribution is 0.634. The number of benzene rings is 1. The van der Waals surface area contributed by atoms with Crippen LogP contribution in [0.25, 0.3) is 0 Å². The van der Waals surface area contributed by atoms with Gasteiger partial charge in [-0.25, -0.2) is 0 Å². The highest BCUT2D eigenvalue weighted by Crippen LogP contribution is 2.21. The summed E-state index contributed by atoms with van der Waals surface area (Å²) >= 11 is 11.6. The molecule has 1 aliphatic carbocycles. The molecule has 4 nitrogen and oxygen atoms in total. The molecule has 0 radical (unpaired) electrons. The molecule has 0 amide bonds. The van der Waals surface area contributed by atoms with Gasteiger partial charge in [0.15, 0.2) is 10.9 Å². The van der Waals surface area contributed by atoms with Gasteiger partial charge in [-0.05, 0) is 30.6 Å². The van der Waals surface area contributed by atoms with Crippen molar-refractivity contribution in [3.63, 3.8) is 0 Å². The molecule has 1 aliphatic rings. The maximum Gasteiger partial charge on any atom is 0.173 e. The maximum absolute atomic E-state index is 6.24. The van der Waals surface area contributed by atoms with Crippen LogP contribution in [0.2, 0.25) is 5.02 Å². The molecule has 0 unspecified atom stereocenters. The van der Waals surface area contributed by atoms with Crippen molar-refractivity contribution >= 4 is 34.7 Å². The Morgan fingerprint density at radius 1 is 1.27 bits per heavy atom. The molecule has 2 N–H and O–H groups in total. The average molecular weight is 335 g/mol. The van der Waals surface area contributed by atoms with Crippen LogP contribution in [0, 0.1) is 0 Å². The lowest BCUT2D eigenvalue weighted by atomic mass is 10.2. The number of anilines is 1. The Labute approximate surface area is 140 Å². The van der Waals surface area contributed by atoms with E-state index in [1.54, 1.807) is 0 Å². The van der Waals surface area contributed by atoms with E-state index in [0.717, 1.165) is 0 Å². The molecular weight excluding hydrogens is 316 g/mol. The van der Waals surface area contributed by atoms with Crippen LogP contribution in [0.15, 0.2) is 36.5 Å². The van der Waals surface area contributed by atoms with E-state index < -0.39 is 0 Å². The van der Waals surface area contributed by atoms with Crippen molar-refractivity contribution < 1.29 is 0 Å². The fourth-order valence-electron chi connectivity index (χ4n) is 2.73. The zero-order chi connectivity index (χ0) is 15.4. The van der Waals surface area contributed by atoms with Gasteiger partial charge in [0.2, 0.25) is 0 Å². The molecule has 116 valence electrons. The second kappa shape index (κ2) is 7.11. The van der Waals surface area contributed by atoms with E-state index in [2.05, 4.69) is 27.9 Å². The lowest BCUT2D eigenvalue weighted by Gasteiger charge is -2.14. The van der Waals surface area contributed by atoms with Gasteiger partial charge >= 0.3 is 0 Å². The van der Waals surface area contributed by atoms with Crippen LogP contribution in [0.5, 0.6) is 0 Å². The van der Waals surface area contributed by atoms with Crippen LogP contribution in [0.1, 0.15) is 31.2 Å². The number of thiocarbonyl (C=S) groups is 1. The summed E-state index contributed by atoms with van der Waals surface area (Å²) in [5.41, 5.74) is 1.18. The van der Waals surface area contributed by atoms with Crippen molar-refractivity contribution in [3.05, 3.63) is 47.1 Å². The van der Waals surface area contributed by atoms with Crippen LogP contribution in [-0.4, -0.2) is 20.9 Å². The summed E-state index contributed by atoms with van der Waals surface area (Å²) < 4.78 is 1.82. The monoisotopic (exact) mass is 334 g/mol. The number of rotatable bonds is 4. The molecule has 0 atom stereocenters. The summed E-state index contributed by atoms with van der Waals surface area (Å²) in [6.45, 7) is 0.686. The molecule has 1 aromatic carbocycles. The molecule has 6 heteroatoms. The Kier molecular flexibility index (Phi) is 4.95. The van der Waals surface area contributed by atoms with Gasteiger partial charge in [0.1, 0.15) is 5.02 Å². The lowest BCUT2D eigenvalue weighted by Crippen LogP contribution is -2.36. The Morgan fingerprint density at radius 3 is 2.73 bits per heavy atom. The van der Waals surface area contributed by atoms with E-state index in [9.17, 15) is 0 Å². The Bertz CT molecular complexity index is 635. The number of nitrogens with one attached hydrogen (secondary N) is 2. The number of hydrogen-bond acceptors (Lipinski definition) is 2. The minimum Gasteiger partial charge on any atom is -0.360 e. The second-order valence-electron chi connectivity index (χ2n) is 5.59. The van der Waals surface area contributed by atoms with E-state index in [1.807, 2.05) is 29.1 Å². The normalized spacial score (nSPS) is 15.0. The standard InChI is InChI=1S/C16H19ClN4S/c17-14-11-21(10-12-6-2-1-3-7-12)20-15(14)19-16(22)18-13-8-4-5-9-13/h1-3,6-7,11,13H,4-5,8-10H2,(H2,18,19,20,22). The summed E-state index contributed by atoms with van der Waals surface area (Å²) in [5.74, 6) is 0.605. The molecule has 0 saturated heterocycles. The summed E-state index contributed by atoms with van der Waals surface area (Å²) in [7, 11) is 0. The van der Waals surface area contributed by atoms with Crippen molar-refractivity contribution in [1.82, 2.24) is 15.1 Å². The Morgan fingerprint density at radius 2 is 2.00 bits per heavy atom. The number of hydrogen-bond donors (Lipinski definition) is 2. The molecule has 0 spiro atoms. The molecule has 1 aromatic heterocycles. The fraction of sp³-hybridized carbons (Fsp3) is 0.375. The van der Waals surface area contributed by atoms with E-state index >= 15 is 0 Å². The third kappa shape index (κ3) is 3.99. The molecule has 0 aliphatic heterocycles. The van der Waals surface area contributed by atoms with Crippen LogP contribution in [-0.2, 0) is 6.54 Å². The highest BCUT2D eigenvalue weighted by molar-refractivity contribution is 7.80. The van der Waals surface area contributed by atoms with Crippen molar-refractivity contribution in [2.45, 2.75) is 38.3 Å². The second-order valence-corrected chi connectivity index (χ2v) is 6.40. The summed E-state index contributed by atoms with van der Waals surface area (Å²) in [6.07, 6.45) is 6.71. The summed E-state index contributed by atoms with van der Waals surface area (Å²) in [6, 6.07) is 10.6. The number of halogens is 1. The topological polar surface area (TPSA) is 41.9 Å². The summed E-state index contributed by atoms with van der Waals surface area (Å²) in [4.78, 5) is 0. The van der Waals surface area contributed by atoms with Gasteiger partial charge in [-0.1, -0.05) is 54.8 Å². The predicted octanol–water partition coefficient (Wildman–Crippen LogP) is 3.81. The molecule has 1 fully saturated rings. The van der Waals surface area contributed by atoms with Gasteiger partial charge in [0.05, 0.1) is 6.54 Å². The minimum absolute atomic E-state index is 0.477.